The quantitative estimate of drug-likeness (QED) is 0.809. The monoisotopic (exact) mass is 299 g/mol. The number of nitrogens with zero attached hydrogens (tertiary/aromatic N) is 1. The van der Waals surface area contributed by atoms with Gasteiger partial charge in [-0.15, -0.1) is 11.3 Å². The van der Waals surface area contributed by atoms with E-state index in [-0.39, 0.29) is 5.76 Å². The second-order valence-electron chi connectivity index (χ2n) is 5.63. The Morgan fingerprint density at radius 2 is 1.76 bits per heavy atom. The average molecular weight is 299 g/mol. The number of hydrogen-bond donors (Lipinski definition) is 1. The SMILES string of the molecule is C=C(O)c1ccc(-c2ccc(CN3CCCCC3)s2)cc1. The number of likely N-dealkylation sites (tertiary alicyclic amines) is 1. The number of aliphatic hydroxyl groups excluding tert-OH is 1. The van der Waals surface area contributed by atoms with E-state index >= 15 is 0 Å². The smallest absolute Gasteiger partial charge is 0.115 e. The van der Waals surface area contributed by atoms with Crippen LogP contribution in [0.5, 0.6) is 0 Å². The van der Waals surface area contributed by atoms with Crippen molar-refractivity contribution in [1.29, 1.82) is 0 Å². The lowest BCUT2D eigenvalue weighted by molar-refractivity contribution is 0.222. The van der Waals surface area contributed by atoms with E-state index in [0.717, 1.165) is 12.1 Å². The third-order valence-electron chi connectivity index (χ3n) is 3.99. The maximum absolute atomic E-state index is 9.37. The van der Waals surface area contributed by atoms with Crippen LogP contribution in [0.15, 0.2) is 43.0 Å². The highest BCUT2D eigenvalue weighted by Crippen LogP contribution is 2.30. The number of aliphatic hydroxyl groups is 1. The minimum atomic E-state index is 0.124. The Balaban J connectivity index is 1.70. The molecular formula is C18H21NOS. The van der Waals surface area contributed by atoms with Gasteiger partial charge in [-0.3, -0.25) is 4.90 Å². The molecule has 21 heavy (non-hydrogen) atoms. The second-order valence-corrected chi connectivity index (χ2v) is 6.80. The van der Waals surface area contributed by atoms with Crippen LogP contribution in [0.3, 0.4) is 0 Å². The summed E-state index contributed by atoms with van der Waals surface area (Å²) in [5.41, 5.74) is 1.98. The van der Waals surface area contributed by atoms with Crippen molar-refractivity contribution in [3.63, 3.8) is 0 Å². The van der Waals surface area contributed by atoms with Crippen LogP contribution in [0.2, 0.25) is 0 Å². The Morgan fingerprint density at radius 1 is 1.05 bits per heavy atom. The van der Waals surface area contributed by atoms with Crippen LogP contribution >= 0.6 is 11.3 Å². The summed E-state index contributed by atoms with van der Waals surface area (Å²) >= 11 is 1.87. The average Bonchev–Trinajstić information content (AvgIpc) is 2.97. The summed E-state index contributed by atoms with van der Waals surface area (Å²) in [5, 5.41) is 9.37. The van der Waals surface area contributed by atoms with Crippen molar-refractivity contribution in [2.45, 2.75) is 25.8 Å². The standard InChI is InChI=1S/C18H21NOS/c1-14(20)15-5-7-16(8-6-15)18-10-9-17(21-18)13-19-11-3-2-4-12-19/h5-10,20H,1-4,11-13H2. The predicted octanol–water partition coefficient (Wildman–Crippen LogP) is 4.93. The Hall–Kier alpha value is -1.58. The van der Waals surface area contributed by atoms with Crippen LogP contribution in [0, 0.1) is 0 Å². The molecule has 2 heterocycles. The second kappa shape index (κ2) is 6.46. The molecule has 0 aliphatic carbocycles. The maximum Gasteiger partial charge on any atom is 0.115 e. The van der Waals surface area contributed by atoms with E-state index < -0.39 is 0 Å². The van der Waals surface area contributed by atoms with Crippen molar-refractivity contribution in [3.8, 4) is 10.4 Å². The predicted molar refractivity (Wildman–Crippen MR) is 90.5 cm³/mol. The molecule has 0 atom stereocenters. The Labute approximate surface area is 130 Å². The van der Waals surface area contributed by atoms with E-state index in [2.05, 4.69) is 23.6 Å². The highest BCUT2D eigenvalue weighted by Gasteiger charge is 2.12. The summed E-state index contributed by atoms with van der Waals surface area (Å²) in [6.45, 7) is 7.10. The summed E-state index contributed by atoms with van der Waals surface area (Å²) in [4.78, 5) is 5.28. The van der Waals surface area contributed by atoms with Crippen LogP contribution in [0.1, 0.15) is 29.7 Å². The van der Waals surface area contributed by atoms with E-state index in [1.54, 1.807) is 0 Å². The number of benzene rings is 1. The van der Waals surface area contributed by atoms with E-state index in [0.29, 0.717) is 0 Å². The van der Waals surface area contributed by atoms with Crippen molar-refractivity contribution < 1.29 is 5.11 Å². The largest absolute Gasteiger partial charge is 0.508 e. The van der Waals surface area contributed by atoms with Gasteiger partial charge < -0.3 is 5.11 Å². The molecule has 3 rings (SSSR count). The Bertz CT molecular complexity index is 608. The normalized spacial score (nSPS) is 16.0. The van der Waals surface area contributed by atoms with Crippen molar-refractivity contribution in [2.24, 2.45) is 0 Å². The van der Waals surface area contributed by atoms with Gasteiger partial charge in [0.2, 0.25) is 0 Å². The molecule has 1 saturated heterocycles. The molecule has 1 aromatic heterocycles. The number of hydrogen-bond acceptors (Lipinski definition) is 3. The number of rotatable bonds is 4. The van der Waals surface area contributed by atoms with Crippen molar-refractivity contribution in [2.75, 3.05) is 13.1 Å². The van der Waals surface area contributed by atoms with E-state index in [1.807, 2.05) is 35.6 Å². The summed E-state index contributed by atoms with van der Waals surface area (Å²) in [6.07, 6.45) is 4.06. The fraction of sp³-hybridized carbons (Fsp3) is 0.333. The first-order valence-electron chi connectivity index (χ1n) is 7.52. The van der Waals surface area contributed by atoms with Crippen molar-refractivity contribution >= 4 is 17.1 Å². The molecule has 110 valence electrons. The van der Waals surface area contributed by atoms with Crippen LogP contribution < -0.4 is 0 Å². The highest BCUT2D eigenvalue weighted by molar-refractivity contribution is 7.15. The highest BCUT2D eigenvalue weighted by atomic mass is 32.1. The first kappa shape index (κ1) is 14.4. The molecule has 0 amide bonds. The minimum absolute atomic E-state index is 0.124. The summed E-state index contributed by atoms with van der Waals surface area (Å²) in [5.74, 6) is 0.124. The molecule has 2 nitrogen and oxygen atoms in total. The lowest BCUT2D eigenvalue weighted by Crippen LogP contribution is -2.28. The van der Waals surface area contributed by atoms with Gasteiger partial charge in [0, 0.05) is 21.9 Å². The van der Waals surface area contributed by atoms with Crippen LogP contribution in [0.4, 0.5) is 0 Å². The summed E-state index contributed by atoms with van der Waals surface area (Å²) in [6, 6.07) is 12.4. The van der Waals surface area contributed by atoms with Gasteiger partial charge in [0.05, 0.1) is 0 Å². The molecule has 0 unspecified atom stereocenters. The maximum atomic E-state index is 9.37. The summed E-state index contributed by atoms with van der Waals surface area (Å²) in [7, 11) is 0. The first-order valence-corrected chi connectivity index (χ1v) is 8.34. The van der Waals surface area contributed by atoms with Gasteiger partial charge in [-0.2, -0.15) is 0 Å². The summed E-state index contributed by atoms with van der Waals surface area (Å²) < 4.78 is 0. The van der Waals surface area contributed by atoms with E-state index in [4.69, 9.17) is 0 Å². The lowest BCUT2D eigenvalue weighted by atomic mass is 10.1. The molecule has 1 aliphatic rings. The Kier molecular flexibility index (Phi) is 4.42. The van der Waals surface area contributed by atoms with E-state index in [9.17, 15) is 5.11 Å². The fourth-order valence-corrected chi connectivity index (χ4v) is 3.84. The molecule has 1 aromatic carbocycles. The lowest BCUT2D eigenvalue weighted by Gasteiger charge is -2.25. The molecule has 2 aromatic rings. The molecule has 3 heteroatoms. The Morgan fingerprint density at radius 3 is 2.43 bits per heavy atom. The zero-order valence-electron chi connectivity index (χ0n) is 12.2. The van der Waals surface area contributed by atoms with Gasteiger partial charge in [0.15, 0.2) is 0 Å². The molecule has 1 N–H and O–H groups in total. The molecule has 0 bridgehead atoms. The zero-order valence-corrected chi connectivity index (χ0v) is 13.0. The third-order valence-corrected chi connectivity index (χ3v) is 5.11. The topological polar surface area (TPSA) is 23.5 Å². The van der Waals surface area contributed by atoms with Crippen molar-refractivity contribution in [3.05, 3.63) is 53.4 Å². The van der Waals surface area contributed by atoms with Gasteiger partial charge in [-0.05, 0) is 43.6 Å². The minimum Gasteiger partial charge on any atom is -0.508 e. The van der Waals surface area contributed by atoms with Crippen LogP contribution in [0.25, 0.3) is 16.2 Å². The van der Waals surface area contributed by atoms with Gasteiger partial charge in [0.25, 0.3) is 0 Å². The van der Waals surface area contributed by atoms with E-state index in [1.165, 1.54) is 47.7 Å². The van der Waals surface area contributed by atoms with Crippen LogP contribution in [-0.2, 0) is 6.54 Å². The van der Waals surface area contributed by atoms with Crippen molar-refractivity contribution in [1.82, 2.24) is 4.90 Å². The fourth-order valence-electron chi connectivity index (χ4n) is 2.78. The van der Waals surface area contributed by atoms with Gasteiger partial charge in [-0.1, -0.05) is 37.3 Å². The molecule has 0 spiro atoms. The molecular weight excluding hydrogens is 278 g/mol. The molecule has 0 saturated carbocycles. The first-order chi connectivity index (χ1) is 10.2. The van der Waals surface area contributed by atoms with Gasteiger partial charge >= 0.3 is 0 Å². The van der Waals surface area contributed by atoms with Gasteiger partial charge in [-0.25, -0.2) is 0 Å². The van der Waals surface area contributed by atoms with Crippen LogP contribution in [-0.4, -0.2) is 23.1 Å². The zero-order chi connectivity index (χ0) is 14.7. The molecule has 1 aliphatic heterocycles. The molecule has 0 radical (unpaired) electrons. The third kappa shape index (κ3) is 3.55. The number of thiophene rings is 1. The molecule has 1 fully saturated rings. The number of piperidine rings is 1. The van der Waals surface area contributed by atoms with Gasteiger partial charge in [0.1, 0.15) is 5.76 Å².